The van der Waals surface area contributed by atoms with Crippen LogP contribution in [-0.4, -0.2) is 114 Å². The minimum atomic E-state index is -0.625. The van der Waals surface area contributed by atoms with Gasteiger partial charge < -0.3 is 35.2 Å². The fraction of sp³-hybridized carbons (Fsp3) is 0.697. The molecule has 1 aromatic rings. The quantitative estimate of drug-likeness (QED) is 0.378. The Balaban J connectivity index is 1.17. The maximum atomic E-state index is 13.4. The van der Waals surface area contributed by atoms with Crippen molar-refractivity contribution < 1.29 is 19.4 Å². The van der Waals surface area contributed by atoms with Gasteiger partial charge in [-0.2, -0.15) is 4.98 Å². The van der Waals surface area contributed by atoms with E-state index in [0.717, 1.165) is 74.8 Å². The monoisotopic (exact) mass is 622 g/mol. The van der Waals surface area contributed by atoms with Crippen LogP contribution in [0.2, 0.25) is 0 Å². The average molecular weight is 623 g/mol. The van der Waals surface area contributed by atoms with E-state index in [2.05, 4.69) is 44.3 Å². The van der Waals surface area contributed by atoms with Crippen molar-refractivity contribution in [1.29, 1.82) is 0 Å². The van der Waals surface area contributed by atoms with Crippen molar-refractivity contribution in [3.8, 4) is 0 Å². The van der Waals surface area contributed by atoms with E-state index in [4.69, 9.17) is 9.72 Å². The Hall–Kier alpha value is -3.22. The van der Waals surface area contributed by atoms with Crippen molar-refractivity contribution in [2.75, 3.05) is 68.5 Å². The molecule has 4 atom stereocenters. The highest BCUT2D eigenvalue weighted by atomic mass is 16.5. The molecule has 1 saturated carbocycles. The van der Waals surface area contributed by atoms with Crippen molar-refractivity contribution in [3.05, 3.63) is 29.8 Å². The molecule has 5 aliphatic rings. The van der Waals surface area contributed by atoms with Crippen LogP contribution in [0.25, 0.3) is 0 Å². The number of allylic oxidation sites excluding steroid dienone is 2. The molecule has 1 aromatic heterocycles. The van der Waals surface area contributed by atoms with Crippen LogP contribution in [0.4, 0.5) is 17.5 Å². The molecule has 3 fully saturated rings. The largest absolute Gasteiger partial charge is 0.490 e. The Morgan fingerprint density at radius 3 is 2.62 bits per heavy atom. The van der Waals surface area contributed by atoms with Crippen molar-refractivity contribution in [1.82, 2.24) is 25.1 Å². The fourth-order valence-corrected chi connectivity index (χ4v) is 7.66. The lowest BCUT2D eigenvalue weighted by molar-refractivity contribution is -0.125. The van der Waals surface area contributed by atoms with Crippen molar-refractivity contribution in [2.24, 2.45) is 11.8 Å². The van der Waals surface area contributed by atoms with E-state index in [9.17, 15) is 14.7 Å². The van der Waals surface area contributed by atoms with Gasteiger partial charge in [0, 0.05) is 58.3 Å². The van der Waals surface area contributed by atoms with Gasteiger partial charge in [0.25, 0.3) is 0 Å². The molecule has 0 bridgehead atoms. The zero-order valence-corrected chi connectivity index (χ0v) is 27.5. The molecule has 4 heterocycles. The standard InChI is InChI=1S/C33H50N8O4/c1-6-26-31(44)39(5)27-19-35-32(37-29(27)41(26)21-9-7-8-10-21)36-25-12-11-23(24-17-33(2,3)45-28(24)25)30(43)34-18-22(42)20-40-15-13-38(4)14-16-40/h11-12,19,21-24,26,42H,6-10,13-18,20H2,1-5H3,(H,34,43)(H,35,36,37). The number of aliphatic hydroxyl groups excluding tert-OH is 1. The van der Waals surface area contributed by atoms with Crippen molar-refractivity contribution in [2.45, 2.75) is 83.1 Å². The van der Waals surface area contributed by atoms with E-state index < -0.39 is 17.6 Å². The first-order valence-corrected chi connectivity index (χ1v) is 16.7. The highest BCUT2D eigenvalue weighted by Gasteiger charge is 2.46. The summed E-state index contributed by atoms with van der Waals surface area (Å²) < 4.78 is 6.44. The Labute approximate surface area is 266 Å². The van der Waals surface area contributed by atoms with E-state index in [-0.39, 0.29) is 36.4 Å². The molecule has 12 heteroatoms. The Morgan fingerprint density at radius 1 is 1.18 bits per heavy atom. The number of carbonyl (C=O) groups excluding carboxylic acids is 2. The number of likely N-dealkylation sites (N-methyl/N-ethyl adjacent to an activating group) is 2. The Kier molecular flexibility index (Phi) is 9.09. The van der Waals surface area contributed by atoms with Gasteiger partial charge in [-0.25, -0.2) is 4.98 Å². The van der Waals surface area contributed by atoms with Crippen LogP contribution in [0.5, 0.6) is 0 Å². The second-order valence-electron chi connectivity index (χ2n) is 14.0. The molecule has 0 aromatic carbocycles. The third-order valence-electron chi connectivity index (χ3n) is 10.1. The second-order valence-corrected chi connectivity index (χ2v) is 14.0. The molecule has 3 N–H and O–H groups in total. The van der Waals surface area contributed by atoms with Crippen LogP contribution in [-0.2, 0) is 14.3 Å². The van der Waals surface area contributed by atoms with E-state index in [1.807, 2.05) is 26.0 Å². The van der Waals surface area contributed by atoms with Crippen LogP contribution < -0.4 is 20.4 Å². The normalized spacial score (nSPS) is 27.8. The summed E-state index contributed by atoms with van der Waals surface area (Å²) in [5.74, 6) is 1.37. The number of ether oxygens (including phenoxy) is 1. The zero-order valence-electron chi connectivity index (χ0n) is 27.5. The molecule has 0 spiro atoms. The number of amides is 2. The predicted octanol–water partition coefficient (Wildman–Crippen LogP) is 2.33. The number of fused-ring (bicyclic) bond motifs is 2. The fourth-order valence-electron chi connectivity index (χ4n) is 7.66. The smallest absolute Gasteiger partial charge is 0.249 e. The summed E-state index contributed by atoms with van der Waals surface area (Å²) >= 11 is 0. The highest BCUT2D eigenvalue weighted by molar-refractivity contribution is 6.04. The number of rotatable bonds is 9. The van der Waals surface area contributed by atoms with Crippen molar-refractivity contribution >= 4 is 29.3 Å². The third-order valence-corrected chi connectivity index (χ3v) is 10.1. The number of carbonyl (C=O) groups is 2. The first-order chi connectivity index (χ1) is 21.5. The summed E-state index contributed by atoms with van der Waals surface area (Å²) in [6.45, 7) is 10.7. The maximum absolute atomic E-state index is 13.4. The van der Waals surface area contributed by atoms with Gasteiger partial charge in [-0.05, 0) is 52.7 Å². The summed E-state index contributed by atoms with van der Waals surface area (Å²) in [5.41, 5.74) is 1.03. The van der Waals surface area contributed by atoms with E-state index in [1.165, 1.54) is 0 Å². The molecular weight excluding hydrogens is 572 g/mol. The van der Waals surface area contributed by atoms with Gasteiger partial charge in [0.05, 0.1) is 23.9 Å². The molecule has 45 heavy (non-hydrogen) atoms. The topological polar surface area (TPSA) is 126 Å². The minimum Gasteiger partial charge on any atom is -0.490 e. The number of piperazine rings is 1. The van der Waals surface area contributed by atoms with Crippen LogP contribution in [0.1, 0.15) is 59.3 Å². The molecule has 6 rings (SSSR count). The SMILES string of the molecule is CCC1C(=O)N(C)c2cnc(NC3=C4OC(C)(C)CC4C(C(=O)NCC(O)CN4CCN(C)CC4)C=C3)nc2N1C1CCCC1. The van der Waals surface area contributed by atoms with Crippen LogP contribution in [0.15, 0.2) is 29.8 Å². The number of anilines is 3. The molecule has 2 amide bonds. The minimum absolute atomic E-state index is 0.0851. The number of hydrogen-bond donors (Lipinski definition) is 3. The van der Waals surface area contributed by atoms with Gasteiger partial charge in [0.15, 0.2) is 5.82 Å². The van der Waals surface area contributed by atoms with Crippen LogP contribution in [0.3, 0.4) is 0 Å². The Bertz CT molecular complexity index is 1330. The number of nitrogens with one attached hydrogen (secondary N) is 2. The molecule has 3 aliphatic heterocycles. The number of nitrogens with zero attached hydrogens (tertiary/aromatic N) is 6. The summed E-state index contributed by atoms with van der Waals surface area (Å²) in [5, 5.41) is 17.1. The molecule has 4 unspecified atom stereocenters. The summed E-state index contributed by atoms with van der Waals surface area (Å²) in [7, 11) is 3.91. The number of aliphatic hydroxyl groups is 1. The van der Waals surface area contributed by atoms with Gasteiger partial charge in [0.2, 0.25) is 17.8 Å². The first-order valence-electron chi connectivity index (χ1n) is 16.7. The summed E-state index contributed by atoms with van der Waals surface area (Å²) in [6, 6.07) is 0.0426. The zero-order chi connectivity index (χ0) is 31.9. The maximum Gasteiger partial charge on any atom is 0.249 e. The first kappa shape index (κ1) is 31.7. The lowest BCUT2D eigenvalue weighted by Gasteiger charge is -2.43. The number of β-amino-alcohol motifs (C(OH)–C–C–N with tert-alkyl or cyclic N) is 1. The average Bonchev–Trinajstić information content (AvgIpc) is 3.66. The summed E-state index contributed by atoms with van der Waals surface area (Å²) in [4.78, 5) is 44.8. The molecule has 2 aliphatic carbocycles. The van der Waals surface area contributed by atoms with Gasteiger partial charge in [-0.1, -0.05) is 25.8 Å². The number of aromatic nitrogens is 2. The van der Waals surface area contributed by atoms with E-state index in [0.29, 0.717) is 25.3 Å². The molecular formula is C33H50N8O4. The number of hydrogen-bond acceptors (Lipinski definition) is 10. The van der Waals surface area contributed by atoms with Crippen molar-refractivity contribution in [3.63, 3.8) is 0 Å². The lowest BCUT2D eigenvalue weighted by atomic mass is 9.81. The second kappa shape index (κ2) is 12.9. The predicted molar refractivity (Wildman–Crippen MR) is 174 cm³/mol. The molecule has 2 saturated heterocycles. The van der Waals surface area contributed by atoms with Crippen LogP contribution >= 0.6 is 0 Å². The van der Waals surface area contributed by atoms with Crippen LogP contribution in [0, 0.1) is 11.8 Å². The Morgan fingerprint density at radius 2 is 1.91 bits per heavy atom. The molecule has 0 radical (unpaired) electrons. The lowest BCUT2D eigenvalue weighted by Crippen LogP contribution is -2.55. The summed E-state index contributed by atoms with van der Waals surface area (Å²) in [6.07, 6.45) is 10.7. The van der Waals surface area contributed by atoms with Gasteiger partial charge in [-0.15, -0.1) is 0 Å². The van der Waals surface area contributed by atoms with E-state index in [1.54, 1.807) is 18.1 Å². The molecule has 246 valence electrons. The van der Waals surface area contributed by atoms with E-state index >= 15 is 0 Å². The van der Waals surface area contributed by atoms with Gasteiger partial charge in [-0.3, -0.25) is 14.5 Å². The van der Waals surface area contributed by atoms with Gasteiger partial charge >= 0.3 is 0 Å². The molecule has 12 nitrogen and oxygen atoms in total. The third kappa shape index (κ3) is 6.55. The van der Waals surface area contributed by atoms with Gasteiger partial charge in [0.1, 0.15) is 23.1 Å². The highest BCUT2D eigenvalue weighted by Crippen LogP contribution is 2.46.